The van der Waals surface area contributed by atoms with Crippen molar-refractivity contribution < 1.29 is 9.90 Å². The molecule has 4 N–H and O–H groups in total. The molecule has 0 saturated carbocycles. The van der Waals surface area contributed by atoms with E-state index < -0.39 is 5.97 Å². The first-order chi connectivity index (χ1) is 12.4. The molecule has 0 radical (unpaired) electrons. The summed E-state index contributed by atoms with van der Waals surface area (Å²) in [5, 5.41) is 10.3. The largest absolute Gasteiger partial charge is 0.478 e. The maximum atomic E-state index is 11.4. The van der Waals surface area contributed by atoms with Crippen molar-refractivity contribution in [1.82, 2.24) is 9.97 Å². The number of hydrogen-bond donors (Lipinski definition) is 3. The van der Waals surface area contributed by atoms with E-state index in [0.717, 1.165) is 46.4 Å². The number of rotatable bonds is 3. The van der Waals surface area contributed by atoms with Crippen LogP contribution in [0.3, 0.4) is 0 Å². The molecular weight excluding hydrogens is 398 g/mol. The molecule has 4 rings (SSSR count). The quantitative estimate of drug-likeness (QED) is 0.709. The van der Waals surface area contributed by atoms with Crippen LogP contribution in [0.15, 0.2) is 40.8 Å². The highest BCUT2D eigenvalue weighted by Gasteiger charge is 2.33. The fourth-order valence-corrected chi connectivity index (χ4v) is 4.16. The number of nitrogens with zero attached hydrogens (tertiary/aromatic N) is 3. The number of carboxylic acid groups (broad SMARTS) is 1. The van der Waals surface area contributed by atoms with Gasteiger partial charge in [0.15, 0.2) is 0 Å². The van der Waals surface area contributed by atoms with Crippen molar-refractivity contribution in [2.24, 2.45) is 5.73 Å². The summed E-state index contributed by atoms with van der Waals surface area (Å²) in [5.41, 5.74) is 9.16. The van der Waals surface area contributed by atoms with Gasteiger partial charge in [0.25, 0.3) is 0 Å². The molecule has 4 heterocycles. The average Bonchev–Trinajstić information content (AvgIpc) is 3.18. The van der Waals surface area contributed by atoms with Gasteiger partial charge in [-0.1, -0.05) is 0 Å². The number of H-pyrrole nitrogens is 1. The molecule has 0 bridgehead atoms. The number of anilines is 2. The van der Waals surface area contributed by atoms with E-state index in [1.54, 1.807) is 18.3 Å². The van der Waals surface area contributed by atoms with E-state index in [1.165, 1.54) is 0 Å². The molecule has 136 valence electrons. The Morgan fingerprint density at radius 3 is 3.00 bits per heavy atom. The molecule has 2 aliphatic heterocycles. The van der Waals surface area contributed by atoms with Crippen molar-refractivity contribution in [3.63, 3.8) is 0 Å². The first-order valence-electron chi connectivity index (χ1n) is 8.42. The summed E-state index contributed by atoms with van der Waals surface area (Å²) in [6.07, 6.45) is 9.85. The predicted molar refractivity (Wildman–Crippen MR) is 105 cm³/mol. The third kappa shape index (κ3) is 2.89. The van der Waals surface area contributed by atoms with Crippen LogP contribution in [-0.2, 0) is 4.79 Å². The molecule has 1 unspecified atom stereocenters. The van der Waals surface area contributed by atoms with Gasteiger partial charge in [-0.2, -0.15) is 0 Å². The number of allylic oxidation sites excluding steroid dienone is 2. The Morgan fingerprint density at radius 2 is 2.31 bits per heavy atom. The van der Waals surface area contributed by atoms with E-state index in [4.69, 9.17) is 5.73 Å². The predicted octanol–water partition coefficient (Wildman–Crippen LogP) is 2.60. The highest BCUT2D eigenvalue weighted by molar-refractivity contribution is 9.10. The third-order valence-corrected chi connectivity index (χ3v) is 5.50. The van der Waals surface area contributed by atoms with Gasteiger partial charge >= 0.3 is 5.97 Å². The molecule has 0 aliphatic carbocycles. The van der Waals surface area contributed by atoms with Crippen molar-refractivity contribution in [3.05, 3.63) is 40.8 Å². The number of pyridine rings is 1. The van der Waals surface area contributed by atoms with Gasteiger partial charge in [0.05, 0.1) is 33.4 Å². The molecular formula is C18H20BrN5O2. The molecule has 0 aromatic carbocycles. The maximum Gasteiger partial charge on any atom is 0.333 e. The highest BCUT2D eigenvalue weighted by atomic mass is 79.9. The van der Waals surface area contributed by atoms with Crippen LogP contribution < -0.4 is 15.5 Å². The number of carboxylic acids is 1. The van der Waals surface area contributed by atoms with Gasteiger partial charge in [-0.05, 0) is 41.4 Å². The molecule has 8 heteroatoms. The van der Waals surface area contributed by atoms with Crippen molar-refractivity contribution in [2.75, 3.05) is 29.4 Å². The zero-order valence-electron chi connectivity index (χ0n) is 14.4. The lowest BCUT2D eigenvalue weighted by molar-refractivity contribution is -0.132. The molecule has 1 atom stereocenters. The van der Waals surface area contributed by atoms with Gasteiger partial charge in [-0.3, -0.25) is 0 Å². The first kappa shape index (κ1) is 17.1. The van der Waals surface area contributed by atoms with Crippen LogP contribution in [0.2, 0.25) is 0 Å². The minimum Gasteiger partial charge on any atom is -0.478 e. The van der Waals surface area contributed by atoms with Gasteiger partial charge in [-0.15, -0.1) is 0 Å². The molecule has 2 aromatic heterocycles. The molecule has 26 heavy (non-hydrogen) atoms. The Hall–Kier alpha value is -2.32. The highest BCUT2D eigenvalue weighted by Crippen LogP contribution is 2.41. The Labute approximate surface area is 159 Å². The summed E-state index contributed by atoms with van der Waals surface area (Å²) in [6, 6.07) is 0. The number of hydrogen-bond acceptors (Lipinski definition) is 5. The number of nitrogens with one attached hydrogen (secondary N) is 1. The summed E-state index contributed by atoms with van der Waals surface area (Å²) >= 11 is 3.64. The second kappa shape index (κ2) is 6.14. The summed E-state index contributed by atoms with van der Waals surface area (Å²) in [6.45, 7) is 3.99. The summed E-state index contributed by atoms with van der Waals surface area (Å²) in [5.74, 6) is -0.905. The Morgan fingerprint density at radius 1 is 1.50 bits per heavy atom. The number of aliphatic carboxylic acids is 1. The number of aromatic nitrogens is 2. The van der Waals surface area contributed by atoms with Crippen molar-refractivity contribution >= 4 is 44.3 Å². The second-order valence-electron chi connectivity index (χ2n) is 7.14. The van der Waals surface area contributed by atoms with Gasteiger partial charge in [0, 0.05) is 37.2 Å². The van der Waals surface area contributed by atoms with Crippen LogP contribution in [0.4, 0.5) is 11.4 Å². The Kier molecular flexibility index (Phi) is 4.04. The van der Waals surface area contributed by atoms with E-state index in [9.17, 15) is 9.90 Å². The molecule has 7 nitrogen and oxygen atoms in total. The fraction of sp³-hybridized carbons (Fsp3) is 0.333. The number of fused-ring (bicyclic) bond motifs is 1. The van der Waals surface area contributed by atoms with Crippen LogP contribution in [-0.4, -0.2) is 46.2 Å². The lowest BCUT2D eigenvalue weighted by Crippen LogP contribution is -2.39. The van der Waals surface area contributed by atoms with Crippen LogP contribution >= 0.6 is 15.9 Å². The molecule has 0 amide bonds. The summed E-state index contributed by atoms with van der Waals surface area (Å²) < 4.78 is 0.901. The molecule has 2 aromatic rings. The second-order valence-corrected chi connectivity index (χ2v) is 8.00. The van der Waals surface area contributed by atoms with E-state index in [-0.39, 0.29) is 5.54 Å². The normalized spacial score (nSPS) is 23.0. The maximum absolute atomic E-state index is 11.4. The van der Waals surface area contributed by atoms with E-state index >= 15 is 0 Å². The van der Waals surface area contributed by atoms with Crippen LogP contribution in [0.5, 0.6) is 0 Å². The SMILES string of the molecule is CC1(N)CCN(c2c(Br)cnc3[nH]cc(N4C=CC=C(C(=O)O)C4)c23)C1. The lowest BCUT2D eigenvalue weighted by Gasteiger charge is -2.26. The standard InChI is InChI=1S/C18H20BrN5O2/c1-18(20)4-6-24(10-18)15-12(19)7-21-16-14(15)13(8-22-16)23-5-2-3-11(9-23)17(25)26/h2-3,5,7-8H,4,6,9-10,20H2,1H3,(H,21,22)(H,25,26). The van der Waals surface area contributed by atoms with E-state index in [1.807, 2.05) is 17.3 Å². The Bertz CT molecular complexity index is 946. The topological polar surface area (TPSA) is 98.5 Å². The molecule has 1 saturated heterocycles. The van der Waals surface area contributed by atoms with Crippen LogP contribution in [0, 0.1) is 0 Å². The molecule has 2 aliphatic rings. The number of aromatic amines is 1. The number of carbonyl (C=O) groups is 1. The minimum absolute atomic E-state index is 0.226. The lowest BCUT2D eigenvalue weighted by atomic mass is 10.0. The van der Waals surface area contributed by atoms with Gasteiger partial charge in [0.2, 0.25) is 0 Å². The number of halogens is 1. The number of nitrogens with two attached hydrogens (primary N) is 1. The van der Waals surface area contributed by atoms with Gasteiger partial charge in [-0.25, -0.2) is 9.78 Å². The summed E-state index contributed by atoms with van der Waals surface area (Å²) in [4.78, 5) is 23.2. The first-order valence-corrected chi connectivity index (χ1v) is 9.22. The molecule has 0 spiro atoms. The van der Waals surface area contributed by atoms with E-state index in [0.29, 0.717) is 12.1 Å². The van der Waals surface area contributed by atoms with Crippen LogP contribution in [0.1, 0.15) is 13.3 Å². The minimum atomic E-state index is -0.905. The van der Waals surface area contributed by atoms with Crippen molar-refractivity contribution in [1.29, 1.82) is 0 Å². The Balaban J connectivity index is 1.80. The fourth-order valence-electron chi connectivity index (χ4n) is 3.61. The monoisotopic (exact) mass is 417 g/mol. The summed E-state index contributed by atoms with van der Waals surface area (Å²) in [7, 11) is 0. The van der Waals surface area contributed by atoms with Gasteiger partial charge in [0.1, 0.15) is 5.65 Å². The van der Waals surface area contributed by atoms with E-state index in [2.05, 4.69) is 37.7 Å². The van der Waals surface area contributed by atoms with Crippen molar-refractivity contribution in [2.45, 2.75) is 18.9 Å². The molecule has 1 fully saturated rings. The third-order valence-electron chi connectivity index (χ3n) is 4.92. The smallest absolute Gasteiger partial charge is 0.333 e. The van der Waals surface area contributed by atoms with Crippen LogP contribution in [0.25, 0.3) is 11.0 Å². The van der Waals surface area contributed by atoms with Gasteiger partial charge < -0.3 is 25.6 Å². The van der Waals surface area contributed by atoms with Crippen molar-refractivity contribution in [3.8, 4) is 0 Å². The average molecular weight is 418 g/mol. The zero-order valence-corrected chi connectivity index (χ0v) is 16.0. The zero-order chi connectivity index (χ0) is 18.5.